The average Bonchev–Trinajstić information content (AvgIpc) is 2.79. The Morgan fingerprint density at radius 1 is 1.32 bits per heavy atom. The minimum Gasteiger partial charge on any atom is -0.388 e. The van der Waals surface area contributed by atoms with Gasteiger partial charge >= 0.3 is 0 Å². The number of hydrogen-bond donors (Lipinski definition) is 4. The summed E-state index contributed by atoms with van der Waals surface area (Å²) in [6.07, 6.45) is -4.30. The molecule has 0 aromatic carbocycles. The van der Waals surface area contributed by atoms with Gasteiger partial charge in [0.25, 0.3) is 0 Å². The van der Waals surface area contributed by atoms with Gasteiger partial charge in [-0.15, -0.1) is 0 Å². The predicted octanol–water partition coefficient (Wildman–Crippen LogP) is -2.12. The summed E-state index contributed by atoms with van der Waals surface area (Å²) in [4.78, 5) is 0.0360. The highest BCUT2D eigenvalue weighted by Gasteiger charge is 2.42. The van der Waals surface area contributed by atoms with Gasteiger partial charge in [-0.25, -0.2) is 13.1 Å². The van der Waals surface area contributed by atoms with E-state index in [-0.39, 0.29) is 11.4 Å². The minimum atomic E-state index is -3.81. The van der Waals surface area contributed by atoms with E-state index in [2.05, 4.69) is 9.82 Å². The normalized spacial score (nSPS) is 33.1. The molecule has 1 aliphatic heterocycles. The number of sulfonamides is 1. The van der Waals surface area contributed by atoms with Crippen LogP contribution in [0.1, 0.15) is 12.6 Å². The molecular formula is C12H21N3O6S. The number of aliphatic hydroxyl groups is 3. The Bertz CT molecular complexity index is 631. The second-order valence-electron chi connectivity index (χ2n) is 5.46. The topological polar surface area (TPSA) is 134 Å². The second kappa shape index (κ2) is 6.22. The first kappa shape index (κ1) is 17.3. The number of aliphatic hydroxyl groups excluding tert-OH is 3. The van der Waals surface area contributed by atoms with Gasteiger partial charge in [-0.05, 0) is 13.8 Å². The van der Waals surface area contributed by atoms with E-state index in [1.54, 1.807) is 14.0 Å². The van der Waals surface area contributed by atoms with Gasteiger partial charge in [-0.3, -0.25) is 4.68 Å². The van der Waals surface area contributed by atoms with Crippen molar-refractivity contribution in [3.63, 3.8) is 0 Å². The summed E-state index contributed by atoms with van der Waals surface area (Å²) in [5, 5.41) is 33.1. The molecule has 0 bridgehead atoms. The highest BCUT2D eigenvalue weighted by Crippen LogP contribution is 2.21. The van der Waals surface area contributed by atoms with Gasteiger partial charge in [0.15, 0.2) is 0 Å². The number of ether oxygens (including phenoxy) is 1. The molecule has 0 amide bonds. The molecule has 3 unspecified atom stereocenters. The average molecular weight is 335 g/mol. The maximum atomic E-state index is 12.2. The monoisotopic (exact) mass is 335 g/mol. The van der Waals surface area contributed by atoms with Crippen molar-refractivity contribution in [2.45, 2.75) is 49.3 Å². The Kier molecular flexibility index (Phi) is 4.90. The van der Waals surface area contributed by atoms with Crippen molar-refractivity contribution in [2.24, 2.45) is 7.05 Å². The molecule has 0 radical (unpaired) electrons. The fraction of sp³-hybridized carbons (Fsp3) is 0.750. The van der Waals surface area contributed by atoms with Crippen molar-refractivity contribution in [3.05, 3.63) is 11.9 Å². The van der Waals surface area contributed by atoms with E-state index >= 15 is 0 Å². The molecule has 0 saturated carbocycles. The summed E-state index contributed by atoms with van der Waals surface area (Å²) in [5.74, 6) is 0. The molecule has 1 aromatic heterocycles. The van der Waals surface area contributed by atoms with E-state index in [0.717, 1.165) is 0 Å². The van der Waals surface area contributed by atoms with Gasteiger partial charge in [0.05, 0.1) is 11.8 Å². The SMILES string of the molecule is Cc1nn(C)cc1S(=O)(=O)NC[C@H]1OC(C)[C@@H](O)C(O)C1O. The molecule has 9 nitrogen and oxygen atoms in total. The number of rotatable bonds is 4. The fourth-order valence-electron chi connectivity index (χ4n) is 2.42. The van der Waals surface area contributed by atoms with E-state index in [4.69, 9.17) is 4.74 Å². The number of aryl methyl sites for hydroxylation is 2. The first-order valence-electron chi connectivity index (χ1n) is 6.83. The zero-order chi connectivity index (χ0) is 16.7. The fourth-order valence-corrected chi connectivity index (χ4v) is 3.68. The molecule has 0 spiro atoms. The quantitative estimate of drug-likeness (QED) is 0.494. The molecule has 2 rings (SSSR count). The Labute approximate surface area is 128 Å². The molecule has 1 fully saturated rings. The first-order chi connectivity index (χ1) is 10.1. The lowest BCUT2D eigenvalue weighted by Gasteiger charge is -2.39. The van der Waals surface area contributed by atoms with E-state index in [1.807, 2.05) is 0 Å². The van der Waals surface area contributed by atoms with Gasteiger partial charge in [-0.2, -0.15) is 5.10 Å². The van der Waals surface area contributed by atoms with Crippen LogP contribution >= 0.6 is 0 Å². The third-order valence-electron chi connectivity index (χ3n) is 3.68. The third kappa shape index (κ3) is 3.31. The summed E-state index contributed by atoms with van der Waals surface area (Å²) in [7, 11) is -2.20. The summed E-state index contributed by atoms with van der Waals surface area (Å²) >= 11 is 0. The summed E-state index contributed by atoms with van der Waals surface area (Å²) in [6, 6.07) is 0. The van der Waals surface area contributed by atoms with E-state index in [9.17, 15) is 23.7 Å². The van der Waals surface area contributed by atoms with Crippen LogP contribution < -0.4 is 4.72 Å². The van der Waals surface area contributed by atoms with E-state index < -0.39 is 40.5 Å². The van der Waals surface area contributed by atoms with Crippen LogP contribution in [0.15, 0.2) is 11.1 Å². The van der Waals surface area contributed by atoms with E-state index in [0.29, 0.717) is 5.69 Å². The Balaban J connectivity index is 2.07. The molecule has 126 valence electrons. The largest absolute Gasteiger partial charge is 0.388 e. The molecule has 0 aliphatic carbocycles. The van der Waals surface area contributed by atoms with Crippen LogP contribution in [0.4, 0.5) is 0 Å². The van der Waals surface area contributed by atoms with Crippen molar-refractivity contribution in [2.75, 3.05) is 6.54 Å². The molecule has 5 atom stereocenters. The highest BCUT2D eigenvalue weighted by atomic mass is 32.2. The molecule has 10 heteroatoms. The van der Waals surface area contributed by atoms with Crippen molar-refractivity contribution >= 4 is 10.0 Å². The standard InChI is InChI=1S/C12H21N3O6S/c1-6-9(5-15(3)14-6)22(19,20)13-4-8-11(17)12(18)10(16)7(2)21-8/h5,7-8,10-13,16-18H,4H2,1-3H3/t7?,8-,10-,11?,12?/m1/s1. The molecule has 4 N–H and O–H groups in total. The van der Waals surface area contributed by atoms with Gasteiger partial charge in [0.2, 0.25) is 10.0 Å². The van der Waals surface area contributed by atoms with Crippen LogP contribution in [0.3, 0.4) is 0 Å². The minimum absolute atomic E-state index is 0.0360. The molecule has 1 saturated heterocycles. The van der Waals surface area contributed by atoms with Crippen LogP contribution in [0.2, 0.25) is 0 Å². The number of aromatic nitrogens is 2. The zero-order valence-corrected chi connectivity index (χ0v) is 13.4. The van der Waals surface area contributed by atoms with Crippen molar-refractivity contribution < 1.29 is 28.5 Å². The van der Waals surface area contributed by atoms with Crippen LogP contribution in [-0.4, -0.2) is 70.6 Å². The smallest absolute Gasteiger partial charge is 0.244 e. The van der Waals surface area contributed by atoms with Gasteiger partial charge in [0.1, 0.15) is 29.3 Å². The van der Waals surface area contributed by atoms with Crippen LogP contribution in [-0.2, 0) is 21.8 Å². The van der Waals surface area contributed by atoms with E-state index in [1.165, 1.54) is 17.8 Å². The molecule has 22 heavy (non-hydrogen) atoms. The molecule has 1 aliphatic rings. The number of nitrogens with zero attached hydrogens (tertiary/aromatic N) is 2. The van der Waals surface area contributed by atoms with Crippen LogP contribution in [0.5, 0.6) is 0 Å². The summed E-state index contributed by atoms with van der Waals surface area (Å²) in [6.45, 7) is 2.88. The zero-order valence-electron chi connectivity index (χ0n) is 12.5. The summed E-state index contributed by atoms with van der Waals surface area (Å²) < 4.78 is 33.5. The van der Waals surface area contributed by atoms with Crippen LogP contribution in [0.25, 0.3) is 0 Å². The lowest BCUT2D eigenvalue weighted by atomic mass is 9.96. The molecule has 2 heterocycles. The van der Waals surface area contributed by atoms with Gasteiger partial charge in [0, 0.05) is 19.8 Å². The molecule has 1 aromatic rings. The van der Waals surface area contributed by atoms with Crippen molar-refractivity contribution in [3.8, 4) is 0 Å². The third-order valence-corrected chi connectivity index (χ3v) is 5.21. The Morgan fingerprint density at radius 3 is 2.50 bits per heavy atom. The van der Waals surface area contributed by atoms with Crippen molar-refractivity contribution in [1.29, 1.82) is 0 Å². The second-order valence-corrected chi connectivity index (χ2v) is 7.19. The van der Waals surface area contributed by atoms with Gasteiger partial charge in [-0.1, -0.05) is 0 Å². The summed E-state index contributed by atoms with van der Waals surface area (Å²) in [5.41, 5.74) is 0.351. The van der Waals surface area contributed by atoms with Gasteiger partial charge < -0.3 is 20.1 Å². The lowest BCUT2D eigenvalue weighted by Crippen LogP contribution is -2.59. The maximum Gasteiger partial charge on any atom is 0.244 e. The first-order valence-corrected chi connectivity index (χ1v) is 8.31. The highest BCUT2D eigenvalue weighted by molar-refractivity contribution is 7.89. The Morgan fingerprint density at radius 2 is 1.95 bits per heavy atom. The predicted molar refractivity (Wildman–Crippen MR) is 75.5 cm³/mol. The Hall–Kier alpha value is -1.04. The number of nitrogens with one attached hydrogen (secondary N) is 1. The van der Waals surface area contributed by atoms with Crippen LogP contribution in [0, 0.1) is 6.92 Å². The number of hydrogen-bond acceptors (Lipinski definition) is 7. The van der Waals surface area contributed by atoms with Crippen molar-refractivity contribution in [1.82, 2.24) is 14.5 Å². The lowest BCUT2D eigenvalue weighted by molar-refractivity contribution is -0.214. The molecular weight excluding hydrogens is 314 g/mol. The maximum absolute atomic E-state index is 12.2.